The topological polar surface area (TPSA) is 49.4 Å². The first-order valence-electron chi connectivity index (χ1n) is 9.46. The average Bonchev–Trinajstić information content (AvgIpc) is 2.59. The number of halogens is 1. The molecular formula is C23H29BrN2O2. The van der Waals surface area contributed by atoms with Gasteiger partial charge in [-0.15, -0.1) is 0 Å². The van der Waals surface area contributed by atoms with E-state index in [2.05, 4.69) is 21.2 Å². The highest BCUT2D eigenvalue weighted by Crippen LogP contribution is 2.17. The lowest BCUT2D eigenvalue weighted by molar-refractivity contribution is -0.140. The van der Waals surface area contributed by atoms with E-state index in [-0.39, 0.29) is 23.8 Å². The predicted molar refractivity (Wildman–Crippen MR) is 117 cm³/mol. The summed E-state index contributed by atoms with van der Waals surface area (Å²) in [6, 6.07) is 15.2. The Bertz CT molecular complexity index is 825. The quantitative estimate of drug-likeness (QED) is 0.705. The molecule has 0 radical (unpaired) electrons. The highest BCUT2D eigenvalue weighted by atomic mass is 79.9. The Morgan fingerprint density at radius 2 is 1.71 bits per heavy atom. The van der Waals surface area contributed by atoms with Gasteiger partial charge in [-0.2, -0.15) is 0 Å². The van der Waals surface area contributed by atoms with Crippen LogP contribution in [-0.4, -0.2) is 28.3 Å². The molecule has 1 N–H and O–H groups in total. The van der Waals surface area contributed by atoms with Gasteiger partial charge in [-0.25, -0.2) is 0 Å². The van der Waals surface area contributed by atoms with Crippen LogP contribution in [0.2, 0.25) is 0 Å². The first-order chi connectivity index (χ1) is 13.0. The summed E-state index contributed by atoms with van der Waals surface area (Å²) < 4.78 is 0.947. The summed E-state index contributed by atoms with van der Waals surface area (Å²) in [7, 11) is 0. The fourth-order valence-electron chi connectivity index (χ4n) is 2.87. The number of amides is 2. The molecule has 0 spiro atoms. The molecule has 0 aliphatic carbocycles. The van der Waals surface area contributed by atoms with Gasteiger partial charge in [0.2, 0.25) is 11.8 Å². The lowest BCUT2D eigenvalue weighted by Gasteiger charge is -2.31. The molecule has 2 aromatic carbocycles. The number of benzene rings is 2. The normalized spacial score (nSPS) is 12.4. The van der Waals surface area contributed by atoms with Gasteiger partial charge in [-0.1, -0.05) is 57.9 Å². The molecule has 0 aliphatic heterocycles. The largest absolute Gasteiger partial charge is 0.350 e. The zero-order valence-corrected chi connectivity index (χ0v) is 18.8. The summed E-state index contributed by atoms with van der Waals surface area (Å²) >= 11 is 3.47. The Labute approximate surface area is 176 Å². The van der Waals surface area contributed by atoms with Gasteiger partial charge in [0.05, 0.1) is 6.42 Å². The van der Waals surface area contributed by atoms with Crippen molar-refractivity contribution < 1.29 is 9.59 Å². The van der Waals surface area contributed by atoms with E-state index in [1.54, 1.807) is 11.8 Å². The van der Waals surface area contributed by atoms with Gasteiger partial charge >= 0.3 is 0 Å². The van der Waals surface area contributed by atoms with Crippen LogP contribution in [-0.2, 0) is 22.6 Å². The van der Waals surface area contributed by atoms with Crippen LogP contribution in [0.25, 0.3) is 0 Å². The number of hydrogen-bond donors (Lipinski definition) is 1. The van der Waals surface area contributed by atoms with Crippen molar-refractivity contribution in [2.45, 2.75) is 59.2 Å². The Balaban J connectivity index is 2.24. The number of carbonyl (C=O) groups is 2. The lowest BCUT2D eigenvalue weighted by atomic mass is 10.1. The smallest absolute Gasteiger partial charge is 0.242 e. The van der Waals surface area contributed by atoms with Crippen LogP contribution < -0.4 is 5.32 Å². The van der Waals surface area contributed by atoms with Crippen molar-refractivity contribution in [2.75, 3.05) is 0 Å². The number of hydrogen-bond acceptors (Lipinski definition) is 2. The van der Waals surface area contributed by atoms with Gasteiger partial charge in [-0.05, 0) is 57.9 Å². The van der Waals surface area contributed by atoms with Crippen molar-refractivity contribution in [3.63, 3.8) is 0 Å². The van der Waals surface area contributed by atoms with Crippen molar-refractivity contribution in [1.82, 2.24) is 10.2 Å². The van der Waals surface area contributed by atoms with Crippen molar-refractivity contribution in [2.24, 2.45) is 0 Å². The SMILES string of the molecule is Cc1ccc(CC(=O)N(Cc2cccc(Br)c2)[C@H](C)C(=O)NC(C)(C)C)cc1. The van der Waals surface area contributed by atoms with Crippen LogP contribution in [0.4, 0.5) is 0 Å². The minimum absolute atomic E-state index is 0.0691. The highest BCUT2D eigenvalue weighted by molar-refractivity contribution is 9.10. The van der Waals surface area contributed by atoms with Gasteiger partial charge in [0, 0.05) is 16.6 Å². The number of aryl methyl sites for hydroxylation is 1. The Kier molecular flexibility index (Phi) is 7.41. The summed E-state index contributed by atoms with van der Waals surface area (Å²) in [6.45, 7) is 9.98. The van der Waals surface area contributed by atoms with Crippen LogP contribution in [0.3, 0.4) is 0 Å². The maximum atomic E-state index is 13.1. The molecule has 2 amide bonds. The summed E-state index contributed by atoms with van der Waals surface area (Å²) in [5.41, 5.74) is 2.72. The molecule has 1 atom stereocenters. The first kappa shape index (κ1) is 22.2. The summed E-state index contributed by atoms with van der Waals surface area (Å²) in [5, 5.41) is 2.98. The van der Waals surface area contributed by atoms with Crippen LogP contribution in [0, 0.1) is 6.92 Å². The highest BCUT2D eigenvalue weighted by Gasteiger charge is 2.28. The first-order valence-corrected chi connectivity index (χ1v) is 10.3. The van der Waals surface area contributed by atoms with Gasteiger partial charge in [0.25, 0.3) is 0 Å². The maximum Gasteiger partial charge on any atom is 0.242 e. The molecule has 0 aromatic heterocycles. The molecule has 0 saturated heterocycles. The molecule has 150 valence electrons. The van der Waals surface area contributed by atoms with E-state index < -0.39 is 6.04 Å². The molecule has 5 heteroatoms. The van der Waals surface area contributed by atoms with E-state index in [0.717, 1.165) is 21.2 Å². The third-order valence-electron chi connectivity index (χ3n) is 4.38. The Morgan fingerprint density at radius 1 is 1.07 bits per heavy atom. The molecule has 0 aliphatic rings. The molecule has 2 rings (SSSR count). The van der Waals surface area contributed by atoms with Crippen LogP contribution in [0.5, 0.6) is 0 Å². The van der Waals surface area contributed by atoms with Crippen LogP contribution in [0.1, 0.15) is 44.4 Å². The van der Waals surface area contributed by atoms with E-state index in [1.807, 2.05) is 76.2 Å². The Morgan fingerprint density at radius 3 is 2.29 bits per heavy atom. The molecule has 28 heavy (non-hydrogen) atoms. The molecule has 2 aromatic rings. The number of carbonyl (C=O) groups excluding carboxylic acids is 2. The van der Waals surface area contributed by atoms with Gasteiger partial charge in [-0.3, -0.25) is 9.59 Å². The van der Waals surface area contributed by atoms with Crippen molar-refractivity contribution >= 4 is 27.7 Å². The average molecular weight is 445 g/mol. The van der Waals surface area contributed by atoms with Gasteiger partial charge in [0.15, 0.2) is 0 Å². The Hall–Kier alpha value is -2.14. The minimum Gasteiger partial charge on any atom is -0.350 e. The third kappa shape index (κ3) is 6.79. The maximum absolute atomic E-state index is 13.1. The lowest BCUT2D eigenvalue weighted by Crippen LogP contribution is -2.52. The second kappa shape index (κ2) is 9.37. The van der Waals surface area contributed by atoms with Crippen molar-refractivity contribution in [3.8, 4) is 0 Å². The van der Waals surface area contributed by atoms with Crippen molar-refractivity contribution in [1.29, 1.82) is 0 Å². The zero-order valence-electron chi connectivity index (χ0n) is 17.3. The van der Waals surface area contributed by atoms with E-state index in [1.165, 1.54) is 0 Å². The number of nitrogens with one attached hydrogen (secondary N) is 1. The van der Waals surface area contributed by atoms with E-state index in [9.17, 15) is 9.59 Å². The summed E-state index contributed by atoms with van der Waals surface area (Å²) in [5.74, 6) is -0.222. The summed E-state index contributed by atoms with van der Waals surface area (Å²) in [4.78, 5) is 27.5. The van der Waals surface area contributed by atoms with Crippen LogP contribution in [0.15, 0.2) is 53.0 Å². The summed E-state index contributed by atoms with van der Waals surface area (Å²) in [6.07, 6.45) is 0.265. The van der Waals surface area contributed by atoms with E-state index in [4.69, 9.17) is 0 Å². The van der Waals surface area contributed by atoms with Gasteiger partial charge < -0.3 is 10.2 Å². The third-order valence-corrected chi connectivity index (χ3v) is 4.88. The zero-order chi connectivity index (χ0) is 20.9. The predicted octanol–water partition coefficient (Wildman–Crippen LogP) is 4.63. The molecular weight excluding hydrogens is 416 g/mol. The molecule has 0 fully saturated rings. The fraction of sp³-hybridized carbons (Fsp3) is 0.391. The minimum atomic E-state index is -0.573. The number of nitrogens with zero attached hydrogens (tertiary/aromatic N) is 1. The molecule has 0 unspecified atom stereocenters. The molecule has 0 bridgehead atoms. The molecule has 0 saturated carbocycles. The number of rotatable bonds is 6. The molecule has 4 nitrogen and oxygen atoms in total. The van der Waals surface area contributed by atoms with Crippen LogP contribution >= 0.6 is 15.9 Å². The monoisotopic (exact) mass is 444 g/mol. The van der Waals surface area contributed by atoms with Gasteiger partial charge in [0.1, 0.15) is 6.04 Å². The second-order valence-electron chi connectivity index (χ2n) is 8.23. The standard InChI is InChI=1S/C23H29BrN2O2/c1-16-9-11-18(12-10-16)14-21(27)26(15-19-7-6-8-20(24)13-19)17(2)22(28)25-23(3,4)5/h6-13,17H,14-15H2,1-5H3,(H,25,28)/t17-/m1/s1. The molecule has 0 heterocycles. The van der Waals surface area contributed by atoms with E-state index >= 15 is 0 Å². The fourth-order valence-corrected chi connectivity index (χ4v) is 3.32. The van der Waals surface area contributed by atoms with E-state index in [0.29, 0.717) is 6.54 Å². The van der Waals surface area contributed by atoms with Crippen molar-refractivity contribution in [3.05, 3.63) is 69.7 Å². The second-order valence-corrected chi connectivity index (χ2v) is 9.14.